The summed E-state index contributed by atoms with van der Waals surface area (Å²) in [4.78, 5) is 0.184. The average molecular weight is 289 g/mol. The third-order valence-corrected chi connectivity index (χ3v) is 6.17. The molecule has 1 aromatic heterocycles. The number of nitrogen functional groups attached to an aromatic ring is 1. The minimum absolute atomic E-state index is 0.0485. The smallest absolute Gasteiger partial charge is 0.184 e. The Balaban J connectivity index is 2.03. The highest BCUT2D eigenvalue weighted by molar-refractivity contribution is 7.91. The van der Waals surface area contributed by atoms with Crippen LogP contribution in [-0.2, 0) is 9.84 Å². The number of aromatic nitrogens is 1. The summed E-state index contributed by atoms with van der Waals surface area (Å²) in [7, 11) is -3.30. The number of rotatable bonds is 6. The zero-order valence-corrected chi connectivity index (χ0v) is 12.1. The molecule has 0 aliphatic heterocycles. The molecule has 7 heteroatoms. The largest absolute Gasteiger partial charge is 0.382 e. The van der Waals surface area contributed by atoms with Crippen LogP contribution >= 0.6 is 11.5 Å². The van der Waals surface area contributed by atoms with Crippen molar-refractivity contribution in [3.05, 3.63) is 0 Å². The normalized spacial score (nSPS) is 16.5. The second-order valence-electron chi connectivity index (χ2n) is 4.64. The maximum Gasteiger partial charge on any atom is 0.184 e. The summed E-state index contributed by atoms with van der Waals surface area (Å²) in [6.07, 6.45) is 5.01. The summed E-state index contributed by atoms with van der Waals surface area (Å²) in [5.41, 5.74) is 5.65. The van der Waals surface area contributed by atoms with Crippen LogP contribution in [0.15, 0.2) is 4.90 Å². The minimum Gasteiger partial charge on any atom is -0.382 e. The van der Waals surface area contributed by atoms with Crippen LogP contribution in [0, 0.1) is 5.92 Å². The second kappa shape index (κ2) is 5.44. The summed E-state index contributed by atoms with van der Waals surface area (Å²) in [6, 6.07) is 0. The summed E-state index contributed by atoms with van der Waals surface area (Å²) in [5, 5.41) is 3.76. The van der Waals surface area contributed by atoms with E-state index in [1.807, 2.05) is 0 Å². The molecule has 0 unspecified atom stereocenters. The molecule has 1 saturated carbocycles. The van der Waals surface area contributed by atoms with Crippen LogP contribution in [0.5, 0.6) is 0 Å². The van der Waals surface area contributed by atoms with Gasteiger partial charge in [-0.15, -0.1) is 0 Å². The lowest BCUT2D eigenvalue weighted by molar-refractivity contribution is 0.303. The molecule has 1 fully saturated rings. The first kappa shape index (κ1) is 13.6. The van der Waals surface area contributed by atoms with Gasteiger partial charge in [-0.1, -0.05) is 26.2 Å². The fourth-order valence-corrected chi connectivity index (χ4v) is 4.22. The lowest BCUT2D eigenvalue weighted by Crippen LogP contribution is -2.16. The van der Waals surface area contributed by atoms with E-state index in [2.05, 4.69) is 9.69 Å². The van der Waals surface area contributed by atoms with E-state index >= 15 is 0 Å². The van der Waals surface area contributed by atoms with Gasteiger partial charge in [-0.2, -0.15) is 4.37 Å². The first-order valence-electron chi connectivity index (χ1n) is 6.26. The monoisotopic (exact) mass is 289 g/mol. The maximum atomic E-state index is 11.9. The summed E-state index contributed by atoms with van der Waals surface area (Å²) < 4.78 is 27.8. The van der Waals surface area contributed by atoms with E-state index in [0.717, 1.165) is 30.4 Å². The van der Waals surface area contributed by atoms with Gasteiger partial charge >= 0.3 is 0 Å². The first-order chi connectivity index (χ1) is 8.54. The van der Waals surface area contributed by atoms with E-state index in [-0.39, 0.29) is 16.5 Å². The number of hydrogen-bond donors (Lipinski definition) is 2. The maximum absolute atomic E-state index is 11.9. The quantitative estimate of drug-likeness (QED) is 0.838. The van der Waals surface area contributed by atoms with Gasteiger partial charge < -0.3 is 11.1 Å². The van der Waals surface area contributed by atoms with Gasteiger partial charge in [0, 0.05) is 6.54 Å². The fraction of sp³-hybridized carbons (Fsp3) is 0.727. The molecule has 1 heterocycles. The Morgan fingerprint density at radius 3 is 2.78 bits per heavy atom. The van der Waals surface area contributed by atoms with Crippen molar-refractivity contribution in [1.29, 1.82) is 0 Å². The van der Waals surface area contributed by atoms with E-state index in [1.54, 1.807) is 6.92 Å². The molecule has 5 nitrogen and oxygen atoms in total. The molecular weight excluding hydrogens is 270 g/mol. The van der Waals surface area contributed by atoms with Crippen LogP contribution in [-0.4, -0.2) is 25.1 Å². The zero-order valence-electron chi connectivity index (χ0n) is 10.5. The van der Waals surface area contributed by atoms with Gasteiger partial charge in [0.25, 0.3) is 0 Å². The lowest BCUT2D eigenvalue weighted by atomic mass is 9.83. The van der Waals surface area contributed by atoms with Crippen LogP contribution < -0.4 is 11.1 Å². The Hall–Kier alpha value is -0.820. The first-order valence-corrected chi connectivity index (χ1v) is 8.69. The van der Waals surface area contributed by atoms with E-state index in [1.165, 1.54) is 19.3 Å². The minimum atomic E-state index is -3.30. The highest BCUT2D eigenvalue weighted by Gasteiger charge is 2.24. The number of sulfone groups is 1. The Morgan fingerprint density at radius 1 is 1.50 bits per heavy atom. The van der Waals surface area contributed by atoms with Crippen LogP contribution in [0.2, 0.25) is 0 Å². The SMILES string of the molecule is CCS(=O)(=O)c1c(N)nsc1NCCC1CCC1. The van der Waals surface area contributed by atoms with E-state index in [9.17, 15) is 8.42 Å². The molecule has 2 rings (SSSR count). The van der Waals surface area contributed by atoms with Crippen molar-refractivity contribution in [3.8, 4) is 0 Å². The standard InChI is InChI=1S/C11H19N3O2S2/c1-2-18(15,16)9-10(12)14-17-11(9)13-7-6-8-4-3-5-8/h8,13H,2-7H2,1H3,(H2,12,14). The Labute approximate surface area is 112 Å². The van der Waals surface area contributed by atoms with Crippen LogP contribution in [0.4, 0.5) is 10.8 Å². The Morgan fingerprint density at radius 2 is 2.22 bits per heavy atom. The van der Waals surface area contributed by atoms with Gasteiger partial charge in [-0.05, 0) is 23.9 Å². The predicted molar refractivity (Wildman–Crippen MR) is 74.7 cm³/mol. The molecular formula is C11H19N3O2S2. The van der Waals surface area contributed by atoms with Crippen LogP contribution in [0.3, 0.4) is 0 Å². The molecule has 0 radical (unpaired) electrons. The van der Waals surface area contributed by atoms with Crippen molar-refractivity contribution < 1.29 is 8.42 Å². The molecule has 0 spiro atoms. The Bertz CT molecular complexity index is 506. The van der Waals surface area contributed by atoms with Gasteiger partial charge in [0.2, 0.25) is 0 Å². The number of anilines is 2. The number of nitrogens with zero attached hydrogens (tertiary/aromatic N) is 1. The molecule has 18 heavy (non-hydrogen) atoms. The van der Waals surface area contributed by atoms with Crippen molar-refractivity contribution >= 4 is 32.2 Å². The molecule has 3 N–H and O–H groups in total. The summed E-state index contributed by atoms with van der Waals surface area (Å²) in [5.74, 6) is 0.967. The Kier molecular flexibility index (Phi) is 4.11. The number of nitrogens with two attached hydrogens (primary N) is 1. The van der Waals surface area contributed by atoms with Crippen LogP contribution in [0.1, 0.15) is 32.6 Å². The third kappa shape index (κ3) is 2.77. The van der Waals surface area contributed by atoms with Crippen LogP contribution in [0.25, 0.3) is 0 Å². The predicted octanol–water partition coefficient (Wildman–Crippen LogP) is 2.12. The van der Waals surface area contributed by atoms with E-state index in [0.29, 0.717) is 5.00 Å². The van der Waals surface area contributed by atoms with Gasteiger partial charge in [0.15, 0.2) is 15.7 Å². The third-order valence-electron chi connectivity index (χ3n) is 3.43. The van der Waals surface area contributed by atoms with E-state index < -0.39 is 9.84 Å². The lowest BCUT2D eigenvalue weighted by Gasteiger charge is -2.25. The molecule has 0 atom stereocenters. The van der Waals surface area contributed by atoms with Crippen molar-refractivity contribution in [2.24, 2.45) is 5.92 Å². The van der Waals surface area contributed by atoms with Crippen molar-refractivity contribution in [1.82, 2.24) is 4.37 Å². The second-order valence-corrected chi connectivity index (χ2v) is 7.63. The molecule has 102 valence electrons. The molecule has 0 amide bonds. The number of nitrogens with one attached hydrogen (secondary N) is 1. The highest BCUT2D eigenvalue weighted by Crippen LogP contribution is 2.33. The van der Waals surface area contributed by atoms with Gasteiger partial charge in [-0.3, -0.25) is 0 Å². The summed E-state index contributed by atoms with van der Waals surface area (Å²) >= 11 is 1.13. The molecule has 1 aliphatic carbocycles. The topological polar surface area (TPSA) is 85.1 Å². The molecule has 0 aromatic carbocycles. The van der Waals surface area contributed by atoms with Crippen molar-refractivity contribution in [3.63, 3.8) is 0 Å². The zero-order chi connectivity index (χ0) is 13.2. The summed E-state index contributed by atoms with van der Waals surface area (Å²) in [6.45, 7) is 2.41. The molecule has 0 bridgehead atoms. The molecule has 1 aromatic rings. The highest BCUT2D eigenvalue weighted by atomic mass is 32.2. The number of hydrogen-bond acceptors (Lipinski definition) is 6. The van der Waals surface area contributed by atoms with Gasteiger partial charge in [-0.25, -0.2) is 8.42 Å². The molecule has 1 aliphatic rings. The van der Waals surface area contributed by atoms with Crippen molar-refractivity contribution in [2.45, 2.75) is 37.5 Å². The van der Waals surface area contributed by atoms with Gasteiger partial charge in [0.05, 0.1) is 5.75 Å². The van der Waals surface area contributed by atoms with Crippen molar-refractivity contribution in [2.75, 3.05) is 23.3 Å². The average Bonchev–Trinajstić information content (AvgIpc) is 2.64. The van der Waals surface area contributed by atoms with E-state index in [4.69, 9.17) is 5.73 Å². The molecule has 0 saturated heterocycles. The fourth-order valence-electron chi connectivity index (χ4n) is 2.02. The van der Waals surface area contributed by atoms with Gasteiger partial charge in [0.1, 0.15) is 9.90 Å².